The van der Waals surface area contributed by atoms with Crippen LogP contribution in [0, 0.1) is 0 Å². The number of hydrogen-bond donors (Lipinski definition) is 10. The van der Waals surface area contributed by atoms with E-state index in [1.807, 2.05) is 0 Å². The van der Waals surface area contributed by atoms with Crippen LogP contribution < -0.4 is 14.9 Å². The van der Waals surface area contributed by atoms with Crippen molar-refractivity contribution in [2.75, 3.05) is 6.61 Å². The quantitative estimate of drug-likeness (QED) is 0.144. The highest BCUT2D eigenvalue weighted by atomic mass is 16.7. The Morgan fingerprint density at radius 3 is 2.02 bits per heavy atom. The van der Waals surface area contributed by atoms with Gasteiger partial charge in [0, 0.05) is 11.6 Å². The maximum atomic E-state index is 13.3. The maximum absolute atomic E-state index is 13.3. The highest BCUT2D eigenvalue weighted by Crippen LogP contribution is 2.45. The van der Waals surface area contributed by atoms with Crippen molar-refractivity contribution in [3.63, 3.8) is 0 Å². The SMILES string of the molecule is CC1OC(Oc2cc(O)c3c(=O)c(O)c(-c4ccc(O)cc4)oc3c2OC2OC(CO)C(O)C(O)C2O)C(O)C(O)C1O. The van der Waals surface area contributed by atoms with E-state index < -0.39 is 113 Å². The van der Waals surface area contributed by atoms with Crippen LogP contribution in [0.4, 0.5) is 0 Å². The molecule has 234 valence electrons. The summed E-state index contributed by atoms with van der Waals surface area (Å²) in [7, 11) is 0. The molecule has 16 nitrogen and oxygen atoms in total. The third-order valence-corrected chi connectivity index (χ3v) is 7.31. The minimum Gasteiger partial charge on any atom is -0.508 e. The molecular weight excluding hydrogens is 580 g/mol. The summed E-state index contributed by atoms with van der Waals surface area (Å²) in [6.07, 6.45) is -16.7. The van der Waals surface area contributed by atoms with Gasteiger partial charge in [-0.1, -0.05) is 0 Å². The molecule has 0 aliphatic carbocycles. The first-order chi connectivity index (χ1) is 20.3. The van der Waals surface area contributed by atoms with Crippen molar-refractivity contribution in [2.45, 2.75) is 68.3 Å². The summed E-state index contributed by atoms with van der Waals surface area (Å²) in [5.41, 5.74) is -1.65. The standard InChI is InChI=1S/C27H30O16/c1-8-15(31)18(34)21(37)26(39-8)40-12-6-11(30)14-17(33)20(36)23(9-2-4-10(29)5-3-9)42-25(14)24(12)43-27-22(38)19(35)16(32)13(7-28)41-27/h2-6,8,13,15-16,18-19,21-22,26-32,34-38H,7H2,1H3. The zero-order chi connectivity index (χ0) is 31.3. The van der Waals surface area contributed by atoms with E-state index in [1.165, 1.54) is 31.2 Å². The molecule has 2 aromatic carbocycles. The van der Waals surface area contributed by atoms with Crippen molar-refractivity contribution in [3.8, 4) is 40.1 Å². The third-order valence-electron chi connectivity index (χ3n) is 7.31. The largest absolute Gasteiger partial charge is 0.508 e. The van der Waals surface area contributed by atoms with Crippen molar-refractivity contribution in [2.24, 2.45) is 0 Å². The molecule has 10 unspecified atom stereocenters. The lowest BCUT2D eigenvalue weighted by Gasteiger charge is -2.40. The first-order valence-corrected chi connectivity index (χ1v) is 13.0. The molecule has 3 aromatic rings. The van der Waals surface area contributed by atoms with Crippen molar-refractivity contribution < 1.29 is 74.4 Å². The molecule has 3 heterocycles. The van der Waals surface area contributed by atoms with Gasteiger partial charge in [0.1, 0.15) is 59.6 Å². The second kappa shape index (κ2) is 11.8. The lowest BCUT2D eigenvalue weighted by atomic mass is 9.99. The van der Waals surface area contributed by atoms with Gasteiger partial charge in [0.15, 0.2) is 17.1 Å². The Kier molecular flexibility index (Phi) is 8.41. The van der Waals surface area contributed by atoms with Gasteiger partial charge in [0.25, 0.3) is 0 Å². The summed E-state index contributed by atoms with van der Waals surface area (Å²) in [5, 5.41) is 102. The number of aliphatic hydroxyl groups excluding tert-OH is 7. The molecule has 0 amide bonds. The lowest BCUT2D eigenvalue weighted by molar-refractivity contribution is -0.279. The van der Waals surface area contributed by atoms with Crippen LogP contribution in [0.3, 0.4) is 0 Å². The zero-order valence-electron chi connectivity index (χ0n) is 22.3. The fraction of sp³-hybridized carbons (Fsp3) is 0.444. The number of aliphatic hydroxyl groups is 7. The molecule has 0 spiro atoms. The van der Waals surface area contributed by atoms with Gasteiger partial charge in [-0.05, 0) is 31.2 Å². The highest BCUT2D eigenvalue weighted by molar-refractivity contribution is 5.93. The summed E-state index contributed by atoms with van der Waals surface area (Å²) in [5.74, 6) is -3.48. The minimum atomic E-state index is -1.96. The molecule has 1 aromatic heterocycles. The van der Waals surface area contributed by atoms with Gasteiger partial charge in [-0.2, -0.15) is 0 Å². The number of ether oxygens (including phenoxy) is 4. The number of fused-ring (bicyclic) bond motifs is 1. The average molecular weight is 611 g/mol. The molecule has 43 heavy (non-hydrogen) atoms. The predicted molar refractivity (Wildman–Crippen MR) is 140 cm³/mol. The normalized spacial score (nSPS) is 32.9. The molecule has 10 atom stereocenters. The second-order valence-electron chi connectivity index (χ2n) is 10.2. The minimum absolute atomic E-state index is 0.0934. The van der Waals surface area contributed by atoms with Gasteiger partial charge in [-0.15, -0.1) is 0 Å². The summed E-state index contributed by atoms with van der Waals surface area (Å²) in [6.45, 7) is 0.573. The Balaban J connectivity index is 1.69. The lowest BCUT2D eigenvalue weighted by Crippen LogP contribution is -2.60. The van der Waals surface area contributed by atoms with Gasteiger partial charge in [-0.25, -0.2) is 0 Å². The first-order valence-electron chi connectivity index (χ1n) is 13.0. The van der Waals surface area contributed by atoms with Gasteiger partial charge < -0.3 is 74.4 Å². The summed E-state index contributed by atoms with van der Waals surface area (Å²) >= 11 is 0. The topological polar surface area (TPSA) is 269 Å². The van der Waals surface area contributed by atoms with E-state index in [-0.39, 0.29) is 11.3 Å². The Morgan fingerprint density at radius 1 is 0.791 bits per heavy atom. The van der Waals surface area contributed by atoms with E-state index in [0.29, 0.717) is 0 Å². The summed E-state index contributed by atoms with van der Waals surface area (Å²) in [4.78, 5) is 13.3. The van der Waals surface area contributed by atoms with E-state index in [1.54, 1.807) is 0 Å². The van der Waals surface area contributed by atoms with Crippen molar-refractivity contribution >= 4 is 11.0 Å². The molecule has 2 saturated heterocycles. The van der Waals surface area contributed by atoms with Crippen molar-refractivity contribution in [3.05, 3.63) is 40.6 Å². The Labute approximate surface area is 241 Å². The third kappa shape index (κ3) is 5.44. The molecule has 0 radical (unpaired) electrons. The van der Waals surface area contributed by atoms with E-state index >= 15 is 0 Å². The van der Waals surface area contributed by atoms with Gasteiger partial charge in [-0.3, -0.25) is 4.79 Å². The van der Waals surface area contributed by atoms with E-state index in [4.69, 9.17) is 23.4 Å². The van der Waals surface area contributed by atoms with Crippen LogP contribution in [0.5, 0.6) is 28.7 Å². The average Bonchev–Trinajstić information content (AvgIpc) is 2.98. The van der Waals surface area contributed by atoms with Crippen molar-refractivity contribution in [1.82, 2.24) is 0 Å². The van der Waals surface area contributed by atoms with Crippen LogP contribution in [0.1, 0.15) is 6.92 Å². The molecule has 2 aliphatic heterocycles. The molecular formula is C27H30O16. The molecule has 16 heteroatoms. The number of aromatic hydroxyl groups is 3. The van der Waals surface area contributed by atoms with Gasteiger partial charge in [0.2, 0.25) is 29.5 Å². The second-order valence-corrected chi connectivity index (χ2v) is 10.2. The summed E-state index contributed by atoms with van der Waals surface area (Å²) < 4.78 is 28.2. The molecule has 0 saturated carbocycles. The van der Waals surface area contributed by atoms with Crippen LogP contribution in [-0.4, -0.2) is 119 Å². The molecule has 0 bridgehead atoms. The van der Waals surface area contributed by atoms with Crippen LogP contribution in [0.25, 0.3) is 22.3 Å². The van der Waals surface area contributed by atoms with E-state index in [9.17, 15) is 55.9 Å². The smallest absolute Gasteiger partial charge is 0.238 e. The van der Waals surface area contributed by atoms with Crippen LogP contribution in [0.15, 0.2) is 39.5 Å². The summed E-state index contributed by atoms with van der Waals surface area (Å²) in [6, 6.07) is 5.90. The molecule has 2 fully saturated rings. The molecule has 2 aliphatic rings. The van der Waals surface area contributed by atoms with Crippen LogP contribution in [-0.2, 0) is 9.47 Å². The Hall–Kier alpha value is -3.71. The number of phenolic OH excluding ortho intramolecular Hbond substituents is 2. The fourth-order valence-electron chi connectivity index (χ4n) is 4.82. The van der Waals surface area contributed by atoms with Gasteiger partial charge >= 0.3 is 0 Å². The maximum Gasteiger partial charge on any atom is 0.238 e. The predicted octanol–water partition coefficient (Wildman–Crippen LogP) is -2.04. The first kappa shape index (κ1) is 30.7. The van der Waals surface area contributed by atoms with Crippen molar-refractivity contribution in [1.29, 1.82) is 0 Å². The molecule has 10 N–H and O–H groups in total. The van der Waals surface area contributed by atoms with Crippen LogP contribution >= 0.6 is 0 Å². The highest BCUT2D eigenvalue weighted by Gasteiger charge is 2.47. The Bertz CT molecular complexity index is 1520. The van der Waals surface area contributed by atoms with Gasteiger partial charge in [0.05, 0.1) is 12.7 Å². The fourth-order valence-corrected chi connectivity index (χ4v) is 4.82. The number of phenols is 2. The van der Waals surface area contributed by atoms with E-state index in [0.717, 1.165) is 6.07 Å². The Morgan fingerprint density at radius 2 is 1.40 bits per heavy atom. The molecule has 5 rings (SSSR count). The zero-order valence-corrected chi connectivity index (χ0v) is 22.3. The monoisotopic (exact) mass is 610 g/mol. The van der Waals surface area contributed by atoms with Crippen LogP contribution in [0.2, 0.25) is 0 Å². The number of benzene rings is 2. The number of hydrogen-bond acceptors (Lipinski definition) is 16. The number of rotatable bonds is 6. The van der Waals surface area contributed by atoms with E-state index in [2.05, 4.69) is 0 Å².